The highest BCUT2D eigenvalue weighted by molar-refractivity contribution is 5.95. The highest BCUT2D eigenvalue weighted by atomic mass is 16.5. The zero-order valence-electron chi connectivity index (χ0n) is 13.8. The van der Waals surface area contributed by atoms with E-state index in [0.29, 0.717) is 12.3 Å². The number of nitrogens with one attached hydrogen (secondary N) is 1. The smallest absolute Gasteiger partial charge is 0.262 e. The summed E-state index contributed by atoms with van der Waals surface area (Å²) in [4.78, 5) is 25.4. The molecule has 2 aromatic rings. The van der Waals surface area contributed by atoms with Gasteiger partial charge in [-0.15, -0.1) is 0 Å². The third-order valence-corrected chi connectivity index (χ3v) is 4.09. The van der Waals surface area contributed by atoms with Crippen molar-refractivity contribution in [1.29, 1.82) is 0 Å². The first-order valence-electron chi connectivity index (χ1n) is 7.94. The molecule has 2 aromatic carbocycles. The summed E-state index contributed by atoms with van der Waals surface area (Å²) >= 11 is 0. The maximum absolute atomic E-state index is 12.1. The van der Waals surface area contributed by atoms with Crippen LogP contribution in [-0.4, -0.2) is 25.0 Å². The van der Waals surface area contributed by atoms with Gasteiger partial charge in [-0.2, -0.15) is 0 Å². The molecular weight excluding hydrogens is 304 g/mol. The number of hydrogen-bond donors (Lipinski definition) is 1. The summed E-state index contributed by atoms with van der Waals surface area (Å²) in [6, 6.07) is 13.2. The molecule has 0 saturated carbocycles. The molecule has 1 aliphatic rings. The monoisotopic (exact) mass is 324 g/mol. The van der Waals surface area contributed by atoms with E-state index in [1.807, 2.05) is 49.4 Å². The van der Waals surface area contributed by atoms with Crippen LogP contribution < -0.4 is 15.0 Å². The first kappa shape index (κ1) is 16.1. The number of carbonyl (C=O) groups is 2. The fourth-order valence-electron chi connectivity index (χ4n) is 2.87. The Morgan fingerprint density at radius 1 is 1.21 bits per heavy atom. The zero-order chi connectivity index (χ0) is 17.1. The van der Waals surface area contributed by atoms with Gasteiger partial charge in [0, 0.05) is 24.8 Å². The van der Waals surface area contributed by atoms with Gasteiger partial charge in [0.05, 0.1) is 0 Å². The van der Waals surface area contributed by atoms with E-state index in [4.69, 9.17) is 4.74 Å². The molecule has 0 radical (unpaired) electrons. The number of benzene rings is 2. The molecule has 0 bridgehead atoms. The van der Waals surface area contributed by atoms with Crippen molar-refractivity contribution in [2.45, 2.75) is 20.3 Å². The summed E-state index contributed by atoms with van der Waals surface area (Å²) in [5.41, 5.74) is 3.71. The third-order valence-electron chi connectivity index (χ3n) is 4.09. The Balaban J connectivity index is 1.61. The van der Waals surface area contributed by atoms with Crippen molar-refractivity contribution < 1.29 is 14.3 Å². The van der Waals surface area contributed by atoms with E-state index in [0.717, 1.165) is 28.9 Å². The van der Waals surface area contributed by atoms with Gasteiger partial charge >= 0.3 is 0 Å². The molecule has 0 unspecified atom stereocenters. The second kappa shape index (κ2) is 6.74. The fraction of sp³-hybridized carbons (Fsp3) is 0.263. The lowest BCUT2D eigenvalue weighted by Gasteiger charge is -2.15. The summed E-state index contributed by atoms with van der Waals surface area (Å²) in [6.45, 7) is 4.15. The van der Waals surface area contributed by atoms with Gasteiger partial charge in [0.25, 0.3) is 5.91 Å². The first-order valence-corrected chi connectivity index (χ1v) is 7.94. The van der Waals surface area contributed by atoms with Crippen LogP contribution in [0.4, 0.5) is 11.4 Å². The zero-order valence-corrected chi connectivity index (χ0v) is 13.8. The fourth-order valence-corrected chi connectivity index (χ4v) is 2.87. The summed E-state index contributed by atoms with van der Waals surface area (Å²) in [6.07, 6.45) is 0.804. The molecule has 3 rings (SSSR count). The van der Waals surface area contributed by atoms with E-state index in [9.17, 15) is 9.59 Å². The molecule has 0 spiro atoms. The van der Waals surface area contributed by atoms with Crippen LogP contribution in [0.15, 0.2) is 42.5 Å². The van der Waals surface area contributed by atoms with Gasteiger partial charge in [-0.05, 0) is 48.7 Å². The van der Waals surface area contributed by atoms with E-state index in [-0.39, 0.29) is 18.4 Å². The largest absolute Gasteiger partial charge is 0.483 e. The minimum absolute atomic E-state index is 0.0390. The summed E-state index contributed by atoms with van der Waals surface area (Å²) < 4.78 is 5.55. The van der Waals surface area contributed by atoms with Crippen LogP contribution in [0.2, 0.25) is 0 Å². The summed E-state index contributed by atoms with van der Waals surface area (Å²) in [5, 5.41) is 2.84. The average Bonchev–Trinajstić information content (AvgIpc) is 2.97. The minimum Gasteiger partial charge on any atom is -0.483 e. The molecule has 0 atom stereocenters. The molecule has 0 saturated heterocycles. The maximum Gasteiger partial charge on any atom is 0.262 e. The number of hydrogen-bond acceptors (Lipinski definition) is 3. The number of rotatable bonds is 4. The average molecular weight is 324 g/mol. The lowest BCUT2D eigenvalue weighted by atomic mass is 10.1. The number of carbonyl (C=O) groups excluding carboxylic acids is 2. The highest BCUT2D eigenvalue weighted by Gasteiger charge is 2.22. The molecule has 0 aliphatic carbocycles. The van der Waals surface area contributed by atoms with Crippen LogP contribution in [0, 0.1) is 6.92 Å². The van der Waals surface area contributed by atoms with Gasteiger partial charge in [0.15, 0.2) is 6.61 Å². The lowest BCUT2D eigenvalue weighted by molar-refractivity contribution is -0.118. The first-order chi connectivity index (χ1) is 11.5. The molecule has 5 nitrogen and oxygen atoms in total. The van der Waals surface area contributed by atoms with E-state index in [2.05, 4.69) is 5.32 Å². The Bertz CT molecular complexity index is 786. The van der Waals surface area contributed by atoms with E-state index >= 15 is 0 Å². The molecule has 1 aliphatic heterocycles. The number of aryl methyl sites for hydroxylation is 1. The van der Waals surface area contributed by atoms with Gasteiger partial charge in [-0.3, -0.25) is 9.59 Å². The van der Waals surface area contributed by atoms with Crippen molar-refractivity contribution in [2.75, 3.05) is 23.4 Å². The van der Waals surface area contributed by atoms with E-state index in [1.54, 1.807) is 11.8 Å². The Morgan fingerprint density at radius 3 is 2.75 bits per heavy atom. The number of amides is 2. The summed E-state index contributed by atoms with van der Waals surface area (Å²) in [7, 11) is 0. The molecular formula is C19H20N2O3. The predicted molar refractivity (Wildman–Crippen MR) is 93.5 cm³/mol. The standard InChI is InChI=1S/C19H20N2O3/c1-13-5-3-4-6-18(13)24-12-19(23)20-16-7-8-17-15(11-16)9-10-21(17)14(2)22/h3-8,11H,9-10,12H2,1-2H3,(H,20,23). The Labute approximate surface area is 141 Å². The van der Waals surface area contributed by atoms with E-state index in [1.165, 1.54) is 0 Å². The quantitative estimate of drug-likeness (QED) is 0.941. The number of fused-ring (bicyclic) bond motifs is 1. The normalized spacial score (nSPS) is 12.7. The van der Waals surface area contributed by atoms with Gasteiger partial charge in [-0.25, -0.2) is 0 Å². The van der Waals surface area contributed by atoms with E-state index < -0.39 is 0 Å². The Morgan fingerprint density at radius 2 is 2.00 bits per heavy atom. The number of anilines is 2. The molecule has 124 valence electrons. The van der Waals surface area contributed by atoms with Crippen LogP contribution in [0.25, 0.3) is 0 Å². The predicted octanol–water partition coefficient (Wildman–Crippen LogP) is 2.92. The molecule has 1 heterocycles. The van der Waals surface area contributed by atoms with Crippen LogP contribution in [0.1, 0.15) is 18.1 Å². The number of ether oxygens (including phenoxy) is 1. The Kier molecular flexibility index (Phi) is 4.51. The van der Waals surface area contributed by atoms with Crippen LogP contribution >= 0.6 is 0 Å². The second-order valence-electron chi connectivity index (χ2n) is 5.87. The topological polar surface area (TPSA) is 58.6 Å². The van der Waals surface area contributed by atoms with Crippen LogP contribution in [0.5, 0.6) is 5.75 Å². The maximum atomic E-state index is 12.1. The van der Waals surface area contributed by atoms with Gasteiger partial charge in [-0.1, -0.05) is 18.2 Å². The Hall–Kier alpha value is -2.82. The molecule has 5 heteroatoms. The van der Waals surface area contributed by atoms with Crippen molar-refractivity contribution in [3.05, 3.63) is 53.6 Å². The van der Waals surface area contributed by atoms with Crippen LogP contribution in [0.3, 0.4) is 0 Å². The SMILES string of the molecule is CC(=O)N1CCc2cc(NC(=O)COc3ccccc3C)ccc21. The van der Waals surface area contributed by atoms with Crippen molar-refractivity contribution in [2.24, 2.45) is 0 Å². The molecule has 0 aromatic heterocycles. The van der Waals surface area contributed by atoms with Gasteiger partial charge in [0.1, 0.15) is 5.75 Å². The third kappa shape index (κ3) is 3.40. The van der Waals surface area contributed by atoms with Crippen molar-refractivity contribution in [3.63, 3.8) is 0 Å². The molecule has 1 N–H and O–H groups in total. The van der Waals surface area contributed by atoms with Crippen molar-refractivity contribution in [1.82, 2.24) is 0 Å². The highest BCUT2D eigenvalue weighted by Crippen LogP contribution is 2.30. The number of para-hydroxylation sites is 1. The lowest BCUT2D eigenvalue weighted by Crippen LogP contribution is -2.25. The molecule has 0 fully saturated rings. The molecule has 2 amide bonds. The second-order valence-corrected chi connectivity index (χ2v) is 5.87. The van der Waals surface area contributed by atoms with Crippen LogP contribution in [-0.2, 0) is 16.0 Å². The number of nitrogens with zero attached hydrogens (tertiary/aromatic N) is 1. The van der Waals surface area contributed by atoms with Gasteiger partial charge in [0.2, 0.25) is 5.91 Å². The molecule has 24 heavy (non-hydrogen) atoms. The summed E-state index contributed by atoms with van der Waals surface area (Å²) in [5.74, 6) is 0.537. The van der Waals surface area contributed by atoms with Crippen molar-refractivity contribution in [3.8, 4) is 5.75 Å². The van der Waals surface area contributed by atoms with Gasteiger partial charge < -0.3 is 15.0 Å². The van der Waals surface area contributed by atoms with Crippen molar-refractivity contribution >= 4 is 23.2 Å². The minimum atomic E-state index is -0.209.